The molecule has 0 heterocycles. The van der Waals surface area contributed by atoms with Gasteiger partial charge in [0, 0.05) is 5.92 Å². The van der Waals surface area contributed by atoms with Gasteiger partial charge in [0.05, 0.1) is 6.07 Å². The van der Waals surface area contributed by atoms with Crippen molar-refractivity contribution in [3.8, 4) is 6.07 Å². The van der Waals surface area contributed by atoms with Crippen molar-refractivity contribution < 1.29 is 9.53 Å². The Morgan fingerprint density at radius 3 is 2.50 bits per heavy atom. The van der Waals surface area contributed by atoms with Crippen molar-refractivity contribution >= 4 is 6.47 Å². The maximum atomic E-state index is 10.8. The number of ether oxygens (including phenoxy) is 1. The summed E-state index contributed by atoms with van der Waals surface area (Å²) in [7, 11) is 0. The van der Waals surface area contributed by atoms with Gasteiger partial charge >= 0.3 is 0 Å². The van der Waals surface area contributed by atoms with Gasteiger partial charge < -0.3 is 4.74 Å². The number of rotatable bonds is 3. The highest BCUT2D eigenvalue weighted by Crippen LogP contribution is 2.68. The van der Waals surface area contributed by atoms with E-state index in [2.05, 4.69) is 26.8 Å². The topological polar surface area (TPSA) is 50.1 Å². The molecule has 4 rings (SSSR count). The van der Waals surface area contributed by atoms with Crippen LogP contribution in [-0.2, 0) is 9.53 Å². The number of nitrogens with zero attached hydrogens (tertiary/aromatic N) is 1. The fraction of sp³-hybridized carbons (Fsp3) is 0.913. The van der Waals surface area contributed by atoms with Crippen LogP contribution in [0.1, 0.15) is 78.6 Å². The summed E-state index contributed by atoms with van der Waals surface area (Å²) in [4.78, 5) is 10.8. The first kappa shape index (κ1) is 18.3. The first-order valence-corrected chi connectivity index (χ1v) is 10.9. The predicted octanol–water partition coefficient (Wildman–Crippen LogP) is 5.35. The highest BCUT2D eigenvalue weighted by atomic mass is 16.5. The molecule has 0 aromatic rings. The van der Waals surface area contributed by atoms with Crippen molar-refractivity contribution in [2.45, 2.75) is 84.7 Å². The minimum absolute atomic E-state index is 0.156. The molecule has 4 fully saturated rings. The number of nitriles is 1. The van der Waals surface area contributed by atoms with Crippen molar-refractivity contribution in [2.75, 3.05) is 0 Å². The molecule has 3 nitrogen and oxygen atoms in total. The van der Waals surface area contributed by atoms with Crippen LogP contribution in [-0.4, -0.2) is 12.6 Å². The molecule has 4 aliphatic rings. The second kappa shape index (κ2) is 6.54. The van der Waals surface area contributed by atoms with Gasteiger partial charge in [-0.1, -0.05) is 13.8 Å². The van der Waals surface area contributed by atoms with E-state index >= 15 is 0 Å². The Bertz CT molecular complexity index is 598. The zero-order chi connectivity index (χ0) is 18.5. The Balaban J connectivity index is 1.55. The molecule has 0 amide bonds. The molecule has 0 N–H and O–H groups in total. The second-order valence-corrected chi connectivity index (χ2v) is 10.4. The molecular formula is C23H35NO2. The third-order valence-electron chi connectivity index (χ3n) is 9.75. The summed E-state index contributed by atoms with van der Waals surface area (Å²) in [6.07, 6.45) is 11.4. The summed E-state index contributed by atoms with van der Waals surface area (Å²) < 4.78 is 5.34. The number of carbonyl (C=O) groups excluding carboxylic acids is 1. The average molecular weight is 358 g/mol. The summed E-state index contributed by atoms with van der Waals surface area (Å²) in [6, 6.07) is 2.56. The molecular weight excluding hydrogens is 322 g/mol. The van der Waals surface area contributed by atoms with Gasteiger partial charge in [-0.2, -0.15) is 5.26 Å². The summed E-state index contributed by atoms with van der Waals surface area (Å²) in [5.74, 6) is 4.04. The van der Waals surface area contributed by atoms with Gasteiger partial charge in [-0.25, -0.2) is 0 Å². The van der Waals surface area contributed by atoms with Gasteiger partial charge in [0.15, 0.2) is 0 Å². The van der Waals surface area contributed by atoms with Crippen LogP contribution < -0.4 is 0 Å². The first-order valence-electron chi connectivity index (χ1n) is 10.9. The average Bonchev–Trinajstić information content (AvgIpc) is 2.99. The van der Waals surface area contributed by atoms with Gasteiger partial charge in [-0.3, -0.25) is 4.79 Å². The van der Waals surface area contributed by atoms with Crippen LogP contribution in [0.2, 0.25) is 0 Å². The van der Waals surface area contributed by atoms with Crippen LogP contribution in [0.4, 0.5) is 0 Å². The van der Waals surface area contributed by atoms with E-state index < -0.39 is 0 Å². The molecule has 144 valence electrons. The smallest absolute Gasteiger partial charge is 0.293 e. The lowest BCUT2D eigenvalue weighted by Gasteiger charge is -2.61. The monoisotopic (exact) mass is 357 g/mol. The summed E-state index contributed by atoms with van der Waals surface area (Å²) in [5, 5.41) is 9.51. The molecule has 0 saturated heterocycles. The molecule has 1 unspecified atom stereocenters. The van der Waals surface area contributed by atoms with E-state index in [0.717, 1.165) is 36.5 Å². The van der Waals surface area contributed by atoms with E-state index in [0.29, 0.717) is 23.2 Å². The SMILES string of the molecule is CC(C#N)[C@H]1CC[C@H]2[C@@H]3CC[C@H]4C[C@@H](OC=O)CC[C@]4(C)[C@H]3CC[C@]12C. The highest BCUT2D eigenvalue weighted by molar-refractivity contribution is 5.37. The lowest BCUT2D eigenvalue weighted by atomic mass is 9.44. The van der Waals surface area contributed by atoms with Gasteiger partial charge in [0.1, 0.15) is 6.10 Å². The summed E-state index contributed by atoms with van der Waals surface area (Å²) in [6.45, 7) is 7.87. The second-order valence-electron chi connectivity index (χ2n) is 10.4. The fourth-order valence-corrected chi connectivity index (χ4v) is 8.37. The van der Waals surface area contributed by atoms with Crippen LogP contribution in [0.15, 0.2) is 0 Å². The molecule has 3 heteroatoms. The zero-order valence-electron chi connectivity index (χ0n) is 16.7. The lowest BCUT2D eigenvalue weighted by Crippen LogP contribution is -2.54. The Morgan fingerprint density at radius 1 is 1.04 bits per heavy atom. The number of fused-ring (bicyclic) bond motifs is 5. The van der Waals surface area contributed by atoms with Crippen molar-refractivity contribution in [2.24, 2.45) is 46.3 Å². The molecule has 0 bridgehead atoms. The maximum absolute atomic E-state index is 10.8. The first-order chi connectivity index (χ1) is 12.4. The normalized spacial score (nSPS) is 51.3. The van der Waals surface area contributed by atoms with Crippen LogP contribution in [0, 0.1) is 57.7 Å². The summed E-state index contributed by atoms with van der Waals surface area (Å²) >= 11 is 0. The standard InChI is InChI=1S/C23H35NO2/c1-15(13-24)19-6-7-20-18-5-4-16-12-17(26-14-25)8-10-22(16,2)21(18)9-11-23(19,20)3/h14-21H,4-12H2,1-3H3/t15?,16-,17-,18-,19+,20-,21-,22-,23+/m0/s1. The van der Waals surface area contributed by atoms with Gasteiger partial charge in [0.25, 0.3) is 6.47 Å². The molecule has 0 spiro atoms. The molecule has 0 aromatic heterocycles. The van der Waals surface area contributed by atoms with Crippen molar-refractivity contribution in [3.63, 3.8) is 0 Å². The zero-order valence-corrected chi connectivity index (χ0v) is 16.7. The van der Waals surface area contributed by atoms with E-state index in [1.807, 2.05) is 0 Å². The van der Waals surface area contributed by atoms with Crippen molar-refractivity contribution in [3.05, 3.63) is 0 Å². The maximum Gasteiger partial charge on any atom is 0.293 e. The third-order valence-corrected chi connectivity index (χ3v) is 9.75. The lowest BCUT2D eigenvalue weighted by molar-refractivity contribution is -0.150. The van der Waals surface area contributed by atoms with Crippen LogP contribution in [0.3, 0.4) is 0 Å². The van der Waals surface area contributed by atoms with Crippen molar-refractivity contribution in [1.29, 1.82) is 5.26 Å². The molecule has 0 aromatic carbocycles. The minimum atomic E-state index is 0.156. The predicted molar refractivity (Wildman–Crippen MR) is 101 cm³/mol. The highest BCUT2D eigenvalue weighted by Gasteiger charge is 2.60. The molecule has 26 heavy (non-hydrogen) atoms. The molecule has 0 aliphatic heterocycles. The van der Waals surface area contributed by atoms with E-state index in [-0.39, 0.29) is 12.0 Å². The van der Waals surface area contributed by atoms with Gasteiger partial charge in [-0.05, 0) is 105 Å². The van der Waals surface area contributed by atoms with Crippen LogP contribution in [0.5, 0.6) is 0 Å². The third kappa shape index (κ3) is 2.54. The van der Waals surface area contributed by atoms with Crippen molar-refractivity contribution in [1.82, 2.24) is 0 Å². The Kier molecular flexibility index (Phi) is 4.61. The molecule has 9 atom stereocenters. The van der Waals surface area contributed by atoms with Crippen LogP contribution >= 0.6 is 0 Å². The van der Waals surface area contributed by atoms with E-state index in [9.17, 15) is 10.1 Å². The van der Waals surface area contributed by atoms with E-state index in [1.54, 1.807) is 0 Å². The molecule has 4 saturated carbocycles. The fourth-order valence-electron chi connectivity index (χ4n) is 8.37. The quantitative estimate of drug-likeness (QED) is 0.640. The Morgan fingerprint density at radius 2 is 1.77 bits per heavy atom. The summed E-state index contributed by atoms with van der Waals surface area (Å²) in [5.41, 5.74) is 0.823. The largest absolute Gasteiger partial charge is 0.465 e. The molecule has 0 radical (unpaired) electrons. The number of hydrogen-bond donors (Lipinski definition) is 0. The molecule has 4 aliphatic carbocycles. The van der Waals surface area contributed by atoms with E-state index in [4.69, 9.17) is 4.74 Å². The Hall–Kier alpha value is -1.04. The van der Waals surface area contributed by atoms with Crippen LogP contribution in [0.25, 0.3) is 0 Å². The minimum Gasteiger partial charge on any atom is -0.465 e. The van der Waals surface area contributed by atoms with Gasteiger partial charge in [-0.15, -0.1) is 0 Å². The van der Waals surface area contributed by atoms with E-state index in [1.165, 1.54) is 44.9 Å². The Labute approximate surface area is 158 Å². The number of hydrogen-bond acceptors (Lipinski definition) is 3. The van der Waals surface area contributed by atoms with Gasteiger partial charge in [0.2, 0.25) is 0 Å². The number of carbonyl (C=O) groups is 1.